The monoisotopic (exact) mass is 374 g/mol. The van der Waals surface area contributed by atoms with Gasteiger partial charge in [0.05, 0.1) is 18.7 Å². The first-order chi connectivity index (χ1) is 13.2. The summed E-state index contributed by atoms with van der Waals surface area (Å²) < 4.78 is 11.3. The summed E-state index contributed by atoms with van der Waals surface area (Å²) in [5.74, 6) is 0.420. The lowest BCUT2D eigenvalue weighted by atomic mass is 10.0. The Hall–Kier alpha value is -2.22. The number of amides is 2. The number of rotatable bonds is 4. The molecule has 4 heterocycles. The summed E-state index contributed by atoms with van der Waals surface area (Å²) in [6, 6.07) is 0.221. The van der Waals surface area contributed by atoms with E-state index in [9.17, 15) is 9.59 Å². The van der Waals surface area contributed by atoms with Crippen LogP contribution in [-0.2, 0) is 14.3 Å². The first-order valence-electron chi connectivity index (χ1n) is 9.79. The molecule has 1 aromatic heterocycles. The van der Waals surface area contributed by atoms with Crippen LogP contribution in [0.25, 0.3) is 0 Å². The first-order valence-corrected chi connectivity index (χ1v) is 9.79. The molecule has 3 fully saturated rings. The number of carbonyl (C=O) groups excluding carboxylic acids is 2. The molecule has 0 N–H and O–H groups in total. The van der Waals surface area contributed by atoms with E-state index in [-0.39, 0.29) is 29.9 Å². The van der Waals surface area contributed by atoms with E-state index >= 15 is 0 Å². The van der Waals surface area contributed by atoms with E-state index in [0.29, 0.717) is 38.6 Å². The molecule has 0 unspecified atom stereocenters. The van der Waals surface area contributed by atoms with Crippen molar-refractivity contribution < 1.29 is 19.1 Å². The first kappa shape index (κ1) is 18.2. The van der Waals surface area contributed by atoms with E-state index in [0.717, 1.165) is 32.2 Å². The molecule has 3 aliphatic rings. The average molecular weight is 374 g/mol. The van der Waals surface area contributed by atoms with Gasteiger partial charge in [-0.3, -0.25) is 14.6 Å². The smallest absolute Gasteiger partial charge is 0.232 e. The third-order valence-electron chi connectivity index (χ3n) is 5.66. The highest BCUT2D eigenvalue weighted by molar-refractivity contribution is 5.89. The summed E-state index contributed by atoms with van der Waals surface area (Å²) in [6.07, 6.45) is 8.53. The molecule has 8 heteroatoms. The number of nitrogens with zero attached hydrogens (tertiary/aromatic N) is 4. The maximum Gasteiger partial charge on any atom is 0.232 e. The van der Waals surface area contributed by atoms with Crippen molar-refractivity contribution in [1.82, 2.24) is 19.8 Å². The van der Waals surface area contributed by atoms with Gasteiger partial charge in [0.15, 0.2) is 0 Å². The fourth-order valence-corrected chi connectivity index (χ4v) is 4.26. The lowest BCUT2D eigenvalue weighted by Crippen LogP contribution is -2.47. The van der Waals surface area contributed by atoms with Crippen LogP contribution in [0.2, 0.25) is 0 Å². The topological polar surface area (TPSA) is 84.9 Å². The predicted octanol–water partition coefficient (Wildman–Crippen LogP) is 0.874. The van der Waals surface area contributed by atoms with Crippen LogP contribution in [0, 0.1) is 5.92 Å². The van der Waals surface area contributed by atoms with Gasteiger partial charge >= 0.3 is 0 Å². The van der Waals surface area contributed by atoms with Gasteiger partial charge in [0.1, 0.15) is 6.10 Å². The Labute approximate surface area is 158 Å². The van der Waals surface area contributed by atoms with Crippen molar-refractivity contribution in [1.29, 1.82) is 0 Å². The van der Waals surface area contributed by atoms with Crippen molar-refractivity contribution in [3.8, 4) is 5.88 Å². The number of hydrogen-bond acceptors (Lipinski definition) is 6. The molecule has 0 aliphatic carbocycles. The Morgan fingerprint density at radius 3 is 2.81 bits per heavy atom. The molecule has 0 saturated carbocycles. The number of hydrogen-bond donors (Lipinski definition) is 0. The van der Waals surface area contributed by atoms with Gasteiger partial charge in [0, 0.05) is 51.2 Å². The highest BCUT2D eigenvalue weighted by atomic mass is 16.5. The second-order valence-electron chi connectivity index (χ2n) is 7.50. The third kappa shape index (κ3) is 4.21. The molecule has 0 bridgehead atoms. The maximum atomic E-state index is 13.0. The zero-order valence-corrected chi connectivity index (χ0v) is 15.5. The van der Waals surface area contributed by atoms with E-state index < -0.39 is 0 Å². The van der Waals surface area contributed by atoms with Gasteiger partial charge in [-0.15, -0.1) is 0 Å². The Morgan fingerprint density at radius 2 is 2.04 bits per heavy atom. The van der Waals surface area contributed by atoms with Crippen LogP contribution in [-0.4, -0.2) is 76.6 Å². The molecule has 0 radical (unpaired) electrons. The van der Waals surface area contributed by atoms with Crippen molar-refractivity contribution in [2.75, 3.05) is 32.8 Å². The van der Waals surface area contributed by atoms with Gasteiger partial charge < -0.3 is 19.3 Å². The Balaban J connectivity index is 1.34. The van der Waals surface area contributed by atoms with Crippen LogP contribution in [0.4, 0.5) is 0 Å². The minimum absolute atomic E-state index is 0.0744. The molecule has 3 saturated heterocycles. The largest absolute Gasteiger partial charge is 0.471 e. The minimum atomic E-state index is -0.240. The summed E-state index contributed by atoms with van der Waals surface area (Å²) >= 11 is 0. The molecule has 4 rings (SSSR count). The second-order valence-corrected chi connectivity index (χ2v) is 7.50. The fraction of sp³-hybridized carbons (Fsp3) is 0.684. The SMILES string of the molecule is O=C([C@@H]1CC(=O)N(C2CCOCC2)C1)N1CCC[C@H](Oc2cnccn2)C1. The fourth-order valence-electron chi connectivity index (χ4n) is 4.26. The summed E-state index contributed by atoms with van der Waals surface area (Å²) in [7, 11) is 0. The summed E-state index contributed by atoms with van der Waals surface area (Å²) in [6.45, 7) is 3.19. The van der Waals surface area contributed by atoms with E-state index in [1.54, 1.807) is 18.6 Å². The van der Waals surface area contributed by atoms with E-state index in [4.69, 9.17) is 9.47 Å². The molecule has 146 valence electrons. The van der Waals surface area contributed by atoms with Crippen molar-refractivity contribution in [2.24, 2.45) is 5.92 Å². The quantitative estimate of drug-likeness (QED) is 0.778. The van der Waals surface area contributed by atoms with E-state index in [1.807, 2.05) is 9.80 Å². The van der Waals surface area contributed by atoms with Gasteiger partial charge in [-0.1, -0.05) is 0 Å². The maximum absolute atomic E-state index is 13.0. The second kappa shape index (κ2) is 8.21. The molecule has 8 nitrogen and oxygen atoms in total. The van der Waals surface area contributed by atoms with Gasteiger partial charge in [-0.05, 0) is 25.7 Å². The van der Waals surface area contributed by atoms with Crippen LogP contribution in [0.3, 0.4) is 0 Å². The molecule has 3 aliphatic heterocycles. The molecule has 2 atom stereocenters. The zero-order chi connectivity index (χ0) is 18.6. The summed E-state index contributed by atoms with van der Waals surface area (Å²) in [4.78, 5) is 37.4. The van der Waals surface area contributed by atoms with Gasteiger partial charge in [0.2, 0.25) is 17.7 Å². The number of carbonyl (C=O) groups is 2. The Morgan fingerprint density at radius 1 is 1.19 bits per heavy atom. The molecule has 0 spiro atoms. The number of ether oxygens (including phenoxy) is 2. The van der Waals surface area contributed by atoms with Crippen LogP contribution < -0.4 is 4.74 Å². The number of piperidine rings is 1. The lowest BCUT2D eigenvalue weighted by molar-refractivity contribution is -0.138. The van der Waals surface area contributed by atoms with Crippen molar-refractivity contribution in [3.63, 3.8) is 0 Å². The standard InChI is InChI=1S/C19H26N4O4/c24-18-10-14(12-23(18)15-3-8-26-9-4-15)19(25)22-7-1-2-16(13-22)27-17-11-20-5-6-21-17/h5-6,11,14-16H,1-4,7-10,12-13H2/t14-,16+/m1/s1. The van der Waals surface area contributed by atoms with Crippen molar-refractivity contribution >= 4 is 11.8 Å². The minimum Gasteiger partial charge on any atom is -0.471 e. The van der Waals surface area contributed by atoms with Crippen LogP contribution in [0.5, 0.6) is 5.88 Å². The highest BCUT2D eigenvalue weighted by Gasteiger charge is 2.40. The van der Waals surface area contributed by atoms with Crippen LogP contribution >= 0.6 is 0 Å². The van der Waals surface area contributed by atoms with E-state index in [1.165, 1.54) is 0 Å². The van der Waals surface area contributed by atoms with Gasteiger partial charge in [-0.2, -0.15) is 0 Å². The van der Waals surface area contributed by atoms with E-state index in [2.05, 4.69) is 9.97 Å². The van der Waals surface area contributed by atoms with Gasteiger partial charge in [-0.25, -0.2) is 4.98 Å². The Bertz CT molecular complexity index is 665. The number of likely N-dealkylation sites (tertiary alicyclic amines) is 2. The summed E-state index contributed by atoms with van der Waals surface area (Å²) in [5.41, 5.74) is 0. The van der Waals surface area contributed by atoms with Crippen molar-refractivity contribution in [2.45, 2.75) is 44.2 Å². The molecule has 2 amide bonds. The molecular weight excluding hydrogens is 348 g/mol. The molecular formula is C19H26N4O4. The van der Waals surface area contributed by atoms with Gasteiger partial charge in [0.25, 0.3) is 0 Å². The molecule has 1 aromatic rings. The van der Waals surface area contributed by atoms with Crippen molar-refractivity contribution in [3.05, 3.63) is 18.6 Å². The molecule has 27 heavy (non-hydrogen) atoms. The predicted molar refractivity (Wildman–Crippen MR) is 95.9 cm³/mol. The van der Waals surface area contributed by atoms with Crippen LogP contribution in [0.1, 0.15) is 32.1 Å². The lowest BCUT2D eigenvalue weighted by Gasteiger charge is -2.34. The number of aromatic nitrogens is 2. The molecule has 0 aromatic carbocycles. The average Bonchev–Trinajstić information content (AvgIpc) is 3.11. The summed E-state index contributed by atoms with van der Waals surface area (Å²) in [5, 5.41) is 0. The normalized spacial score (nSPS) is 27.0. The Kier molecular flexibility index (Phi) is 5.52. The highest BCUT2D eigenvalue weighted by Crippen LogP contribution is 2.27. The van der Waals surface area contributed by atoms with Crippen LogP contribution in [0.15, 0.2) is 18.6 Å². The zero-order valence-electron chi connectivity index (χ0n) is 15.5. The third-order valence-corrected chi connectivity index (χ3v) is 5.66.